The van der Waals surface area contributed by atoms with Crippen LogP contribution >= 0.6 is 0 Å². The van der Waals surface area contributed by atoms with Crippen LogP contribution in [0.5, 0.6) is 0 Å². The summed E-state index contributed by atoms with van der Waals surface area (Å²) in [6.07, 6.45) is -7.89. The lowest BCUT2D eigenvalue weighted by atomic mass is 9.96. The molecule has 2 nitrogen and oxygen atoms in total. The van der Waals surface area contributed by atoms with Gasteiger partial charge in [0.05, 0.1) is 11.5 Å². The van der Waals surface area contributed by atoms with Crippen molar-refractivity contribution in [3.05, 3.63) is 41.5 Å². The van der Waals surface area contributed by atoms with E-state index >= 15 is 0 Å². The van der Waals surface area contributed by atoms with Gasteiger partial charge >= 0.3 is 12.4 Å². The Morgan fingerprint density at radius 2 is 1.88 bits per heavy atom. The maximum Gasteiger partial charge on any atom is 0.416 e. The minimum absolute atomic E-state index is 0.0573. The van der Waals surface area contributed by atoms with Gasteiger partial charge in [0.25, 0.3) is 5.91 Å². The molecule has 1 saturated heterocycles. The van der Waals surface area contributed by atoms with E-state index in [2.05, 4.69) is 6.58 Å². The van der Waals surface area contributed by atoms with Crippen molar-refractivity contribution in [2.75, 3.05) is 13.1 Å². The molecule has 1 aromatic rings. The molecule has 132 valence electrons. The number of halogens is 6. The van der Waals surface area contributed by atoms with Crippen LogP contribution in [0.25, 0.3) is 6.08 Å². The third-order valence-corrected chi connectivity index (χ3v) is 4.00. The van der Waals surface area contributed by atoms with Gasteiger partial charge in [-0.1, -0.05) is 12.7 Å². The Morgan fingerprint density at radius 3 is 2.42 bits per heavy atom. The van der Waals surface area contributed by atoms with Gasteiger partial charge in [-0.15, -0.1) is 0 Å². The predicted octanol–water partition coefficient (Wildman–Crippen LogP) is 4.76. The second kappa shape index (κ2) is 6.49. The number of likely N-dealkylation sites (tertiary alicyclic amines) is 1. The highest BCUT2D eigenvalue weighted by molar-refractivity contribution is 5.95. The summed E-state index contributed by atoms with van der Waals surface area (Å²) in [4.78, 5) is 13.4. The number of rotatable bonds is 2. The molecule has 24 heavy (non-hydrogen) atoms. The molecule has 1 unspecified atom stereocenters. The first-order valence-corrected chi connectivity index (χ1v) is 7.23. The van der Waals surface area contributed by atoms with Crippen molar-refractivity contribution in [1.29, 1.82) is 0 Å². The Bertz CT molecular complexity index is 634. The zero-order valence-corrected chi connectivity index (χ0v) is 12.5. The normalized spacial score (nSPS) is 19.2. The number of alkyl halides is 6. The lowest BCUT2D eigenvalue weighted by molar-refractivity contribution is -0.184. The summed E-state index contributed by atoms with van der Waals surface area (Å²) in [5.74, 6) is -2.32. The van der Waals surface area contributed by atoms with Crippen LogP contribution < -0.4 is 0 Å². The highest BCUT2D eigenvalue weighted by Crippen LogP contribution is 2.35. The summed E-state index contributed by atoms with van der Waals surface area (Å²) >= 11 is 0. The minimum Gasteiger partial charge on any atom is -0.338 e. The van der Waals surface area contributed by atoms with Crippen LogP contribution in [-0.2, 0) is 6.18 Å². The van der Waals surface area contributed by atoms with Gasteiger partial charge in [0, 0.05) is 18.7 Å². The van der Waals surface area contributed by atoms with Gasteiger partial charge in [-0.05, 0) is 36.6 Å². The number of amides is 1. The average molecular weight is 351 g/mol. The molecule has 0 bridgehead atoms. The standard InChI is InChI=1S/C16H15F6NO/c1-2-10-8-11(5-6-13(10)16(20,21)22)14(24)23-7-3-4-12(9-23)15(17,18)19/h2,5-6,8,12H,1,3-4,7,9H2. The number of benzene rings is 1. The van der Waals surface area contributed by atoms with E-state index in [0.717, 1.165) is 29.2 Å². The summed E-state index contributed by atoms with van der Waals surface area (Å²) in [7, 11) is 0. The molecule has 2 rings (SSSR count). The fourth-order valence-electron chi connectivity index (χ4n) is 2.73. The Hall–Kier alpha value is -1.99. The molecule has 1 atom stereocenters. The van der Waals surface area contributed by atoms with Gasteiger partial charge in [-0.25, -0.2) is 0 Å². The van der Waals surface area contributed by atoms with E-state index < -0.39 is 36.3 Å². The van der Waals surface area contributed by atoms with Crippen molar-refractivity contribution in [1.82, 2.24) is 4.90 Å². The van der Waals surface area contributed by atoms with Crippen LogP contribution in [0.2, 0.25) is 0 Å². The van der Waals surface area contributed by atoms with E-state index in [1.165, 1.54) is 0 Å². The average Bonchev–Trinajstić information content (AvgIpc) is 2.52. The lowest BCUT2D eigenvalue weighted by Crippen LogP contribution is -2.44. The minimum atomic E-state index is -4.60. The summed E-state index contributed by atoms with van der Waals surface area (Å²) < 4.78 is 76.9. The van der Waals surface area contributed by atoms with Gasteiger partial charge in [-0.3, -0.25) is 4.79 Å². The molecular formula is C16H15F6NO. The van der Waals surface area contributed by atoms with Crippen molar-refractivity contribution in [2.45, 2.75) is 25.2 Å². The first kappa shape index (κ1) is 18.4. The topological polar surface area (TPSA) is 20.3 Å². The molecule has 0 spiro atoms. The van der Waals surface area contributed by atoms with Gasteiger partial charge in [0.15, 0.2) is 0 Å². The maximum absolute atomic E-state index is 12.8. The molecule has 0 radical (unpaired) electrons. The lowest BCUT2D eigenvalue weighted by Gasteiger charge is -2.33. The zero-order valence-electron chi connectivity index (χ0n) is 12.5. The largest absolute Gasteiger partial charge is 0.416 e. The van der Waals surface area contributed by atoms with E-state index in [1.807, 2.05) is 0 Å². The van der Waals surface area contributed by atoms with Crippen LogP contribution in [-0.4, -0.2) is 30.1 Å². The number of piperidine rings is 1. The molecule has 0 aromatic heterocycles. The molecular weight excluding hydrogens is 336 g/mol. The van der Waals surface area contributed by atoms with Crippen LogP contribution in [0.3, 0.4) is 0 Å². The molecule has 1 aliphatic heterocycles. The quantitative estimate of drug-likeness (QED) is 0.704. The molecule has 1 aliphatic rings. The third-order valence-electron chi connectivity index (χ3n) is 4.00. The summed E-state index contributed by atoms with van der Waals surface area (Å²) in [5, 5.41) is 0. The van der Waals surface area contributed by atoms with Gasteiger partial charge in [0.2, 0.25) is 0 Å². The van der Waals surface area contributed by atoms with Crippen LogP contribution in [0.15, 0.2) is 24.8 Å². The highest BCUT2D eigenvalue weighted by Gasteiger charge is 2.43. The first-order valence-electron chi connectivity index (χ1n) is 7.23. The number of hydrogen-bond acceptors (Lipinski definition) is 1. The zero-order chi connectivity index (χ0) is 18.1. The Morgan fingerprint density at radius 1 is 1.21 bits per heavy atom. The molecule has 0 saturated carbocycles. The monoisotopic (exact) mass is 351 g/mol. The first-order chi connectivity index (χ1) is 11.0. The summed E-state index contributed by atoms with van der Waals surface area (Å²) in [6.45, 7) is 2.96. The molecule has 8 heteroatoms. The van der Waals surface area contributed by atoms with E-state index in [9.17, 15) is 31.1 Å². The van der Waals surface area contributed by atoms with Crippen LogP contribution in [0, 0.1) is 5.92 Å². The molecule has 0 N–H and O–H groups in total. The number of nitrogens with zero attached hydrogens (tertiary/aromatic N) is 1. The van der Waals surface area contributed by atoms with E-state index in [4.69, 9.17) is 0 Å². The number of hydrogen-bond donors (Lipinski definition) is 0. The Labute approximate surface area is 134 Å². The predicted molar refractivity (Wildman–Crippen MR) is 76.2 cm³/mol. The summed E-state index contributed by atoms with van der Waals surface area (Å²) in [6, 6.07) is 2.74. The second-order valence-corrected chi connectivity index (χ2v) is 5.64. The smallest absolute Gasteiger partial charge is 0.338 e. The van der Waals surface area contributed by atoms with Gasteiger partial charge < -0.3 is 4.90 Å². The van der Waals surface area contributed by atoms with Gasteiger partial charge in [-0.2, -0.15) is 26.3 Å². The van der Waals surface area contributed by atoms with E-state index in [-0.39, 0.29) is 30.5 Å². The van der Waals surface area contributed by atoms with Crippen LogP contribution in [0.4, 0.5) is 26.3 Å². The van der Waals surface area contributed by atoms with Crippen molar-refractivity contribution in [3.63, 3.8) is 0 Å². The molecule has 1 fully saturated rings. The third kappa shape index (κ3) is 3.91. The van der Waals surface area contributed by atoms with E-state index in [1.54, 1.807) is 0 Å². The molecule has 1 amide bonds. The summed E-state index contributed by atoms with van der Waals surface area (Å²) in [5.41, 5.74) is -1.31. The fourth-order valence-corrected chi connectivity index (χ4v) is 2.73. The molecule has 0 aliphatic carbocycles. The van der Waals surface area contributed by atoms with Gasteiger partial charge in [0.1, 0.15) is 0 Å². The SMILES string of the molecule is C=Cc1cc(C(=O)N2CCCC(C(F)(F)F)C2)ccc1C(F)(F)F. The maximum atomic E-state index is 12.8. The van der Waals surface area contributed by atoms with E-state index in [0.29, 0.717) is 0 Å². The van der Waals surface area contributed by atoms with Crippen molar-refractivity contribution < 1.29 is 31.1 Å². The fraction of sp³-hybridized carbons (Fsp3) is 0.438. The van der Waals surface area contributed by atoms with Crippen LogP contribution in [0.1, 0.15) is 34.3 Å². The Kier molecular flexibility index (Phi) is 4.96. The Balaban J connectivity index is 2.25. The highest BCUT2D eigenvalue weighted by atomic mass is 19.4. The second-order valence-electron chi connectivity index (χ2n) is 5.64. The van der Waals surface area contributed by atoms with Crippen molar-refractivity contribution in [3.8, 4) is 0 Å². The number of carbonyl (C=O) groups excluding carboxylic acids is 1. The molecule has 1 heterocycles. The number of carbonyl (C=O) groups is 1. The van der Waals surface area contributed by atoms with Crippen molar-refractivity contribution in [2.24, 2.45) is 5.92 Å². The molecule has 1 aromatic carbocycles. The van der Waals surface area contributed by atoms with Crippen molar-refractivity contribution >= 4 is 12.0 Å².